The van der Waals surface area contributed by atoms with E-state index in [0.717, 1.165) is 16.8 Å². The molecule has 80 valence electrons. The Bertz CT molecular complexity index is 273. The van der Waals surface area contributed by atoms with Crippen molar-refractivity contribution in [3.05, 3.63) is 20.8 Å². The van der Waals surface area contributed by atoms with Crippen LogP contribution in [-0.2, 0) is 0 Å². The molecule has 0 fully saturated rings. The lowest BCUT2D eigenvalue weighted by molar-refractivity contribution is 0.448. The molecule has 0 spiro atoms. The fourth-order valence-corrected chi connectivity index (χ4v) is 3.00. The molecule has 14 heavy (non-hydrogen) atoms. The Balaban J connectivity index is 2.58. The van der Waals surface area contributed by atoms with Crippen molar-refractivity contribution in [3.8, 4) is 0 Å². The highest BCUT2D eigenvalue weighted by Crippen LogP contribution is 2.30. The number of nitrogens with two attached hydrogens (primary N) is 1. The molecular weight excluding hydrogens is 260 g/mol. The Morgan fingerprint density at radius 1 is 1.43 bits per heavy atom. The van der Waals surface area contributed by atoms with Crippen LogP contribution in [0.25, 0.3) is 0 Å². The number of halogens is 1. The molecule has 1 rings (SSSR count). The maximum Gasteiger partial charge on any atom is 0.0479 e. The van der Waals surface area contributed by atoms with Crippen molar-refractivity contribution in [1.82, 2.24) is 5.43 Å². The molecule has 1 heterocycles. The SMILES string of the molecule is CC(C)CCC(NN)c1cscc1Br. The molecule has 0 saturated carbocycles. The number of hydrogen-bond acceptors (Lipinski definition) is 3. The van der Waals surface area contributed by atoms with Gasteiger partial charge in [0, 0.05) is 15.9 Å². The topological polar surface area (TPSA) is 38.0 Å². The number of rotatable bonds is 5. The number of hydrazine groups is 1. The molecule has 2 nitrogen and oxygen atoms in total. The predicted octanol–water partition coefficient (Wildman–Crippen LogP) is 3.45. The van der Waals surface area contributed by atoms with E-state index in [1.165, 1.54) is 12.0 Å². The normalized spacial score (nSPS) is 13.5. The van der Waals surface area contributed by atoms with Crippen LogP contribution in [0.3, 0.4) is 0 Å². The lowest BCUT2D eigenvalue weighted by Gasteiger charge is -2.16. The van der Waals surface area contributed by atoms with E-state index < -0.39 is 0 Å². The second-order valence-electron chi connectivity index (χ2n) is 3.87. The van der Waals surface area contributed by atoms with Gasteiger partial charge >= 0.3 is 0 Å². The van der Waals surface area contributed by atoms with E-state index in [1.54, 1.807) is 11.3 Å². The molecule has 1 unspecified atom stereocenters. The van der Waals surface area contributed by atoms with Gasteiger partial charge in [0.1, 0.15) is 0 Å². The zero-order chi connectivity index (χ0) is 10.6. The van der Waals surface area contributed by atoms with Crippen LogP contribution in [0.4, 0.5) is 0 Å². The summed E-state index contributed by atoms with van der Waals surface area (Å²) in [6.07, 6.45) is 2.28. The van der Waals surface area contributed by atoms with E-state index in [4.69, 9.17) is 5.84 Å². The summed E-state index contributed by atoms with van der Waals surface area (Å²) in [4.78, 5) is 0. The number of thiophene rings is 1. The molecule has 0 radical (unpaired) electrons. The van der Waals surface area contributed by atoms with E-state index in [1.807, 2.05) is 0 Å². The van der Waals surface area contributed by atoms with Crippen LogP contribution in [0.15, 0.2) is 15.2 Å². The Labute approximate surface area is 98.0 Å². The van der Waals surface area contributed by atoms with Crippen LogP contribution in [0.2, 0.25) is 0 Å². The summed E-state index contributed by atoms with van der Waals surface area (Å²) in [5.41, 5.74) is 4.15. The van der Waals surface area contributed by atoms with Crippen molar-refractivity contribution < 1.29 is 0 Å². The van der Waals surface area contributed by atoms with Gasteiger partial charge in [0.15, 0.2) is 0 Å². The van der Waals surface area contributed by atoms with Crippen LogP contribution >= 0.6 is 27.3 Å². The van der Waals surface area contributed by atoms with Gasteiger partial charge in [0.25, 0.3) is 0 Å². The Kier molecular flexibility index (Phi) is 5.09. The second-order valence-corrected chi connectivity index (χ2v) is 5.46. The fourth-order valence-electron chi connectivity index (χ4n) is 1.37. The van der Waals surface area contributed by atoms with E-state index in [9.17, 15) is 0 Å². The minimum atomic E-state index is 0.276. The molecule has 0 aliphatic carbocycles. The summed E-state index contributed by atoms with van der Waals surface area (Å²) in [5.74, 6) is 6.28. The second kappa shape index (κ2) is 5.85. The number of hydrogen-bond donors (Lipinski definition) is 2. The third kappa shape index (κ3) is 3.35. The minimum Gasteiger partial charge on any atom is -0.271 e. The summed E-state index contributed by atoms with van der Waals surface area (Å²) in [6, 6.07) is 0.276. The summed E-state index contributed by atoms with van der Waals surface area (Å²) in [6.45, 7) is 4.46. The highest BCUT2D eigenvalue weighted by atomic mass is 79.9. The lowest BCUT2D eigenvalue weighted by atomic mass is 10.0. The molecule has 0 amide bonds. The molecule has 1 atom stereocenters. The first kappa shape index (κ1) is 12.2. The molecule has 0 aliphatic rings. The van der Waals surface area contributed by atoms with Crippen molar-refractivity contribution in [2.75, 3.05) is 0 Å². The molecule has 3 N–H and O–H groups in total. The molecule has 1 aromatic rings. The van der Waals surface area contributed by atoms with Gasteiger partial charge in [-0.3, -0.25) is 11.3 Å². The van der Waals surface area contributed by atoms with Gasteiger partial charge < -0.3 is 0 Å². The van der Waals surface area contributed by atoms with Gasteiger partial charge in [-0.1, -0.05) is 13.8 Å². The predicted molar refractivity (Wildman–Crippen MR) is 66.2 cm³/mol. The van der Waals surface area contributed by atoms with Crippen LogP contribution < -0.4 is 11.3 Å². The van der Waals surface area contributed by atoms with Crippen molar-refractivity contribution in [1.29, 1.82) is 0 Å². The van der Waals surface area contributed by atoms with E-state index in [2.05, 4.69) is 46.0 Å². The average molecular weight is 277 g/mol. The Morgan fingerprint density at radius 3 is 2.57 bits per heavy atom. The monoisotopic (exact) mass is 276 g/mol. The van der Waals surface area contributed by atoms with Gasteiger partial charge in [0.2, 0.25) is 0 Å². The maximum absolute atomic E-state index is 5.55. The van der Waals surface area contributed by atoms with E-state index >= 15 is 0 Å². The zero-order valence-corrected chi connectivity index (χ0v) is 11.0. The maximum atomic E-state index is 5.55. The summed E-state index contributed by atoms with van der Waals surface area (Å²) in [7, 11) is 0. The largest absolute Gasteiger partial charge is 0.271 e. The molecule has 0 bridgehead atoms. The van der Waals surface area contributed by atoms with Crippen LogP contribution in [0.5, 0.6) is 0 Å². The first-order valence-corrected chi connectivity index (χ1v) is 6.56. The van der Waals surface area contributed by atoms with Gasteiger partial charge in [-0.2, -0.15) is 11.3 Å². The first-order valence-electron chi connectivity index (χ1n) is 4.82. The third-order valence-electron chi connectivity index (χ3n) is 2.25. The minimum absolute atomic E-state index is 0.276. The lowest BCUT2D eigenvalue weighted by Crippen LogP contribution is -2.28. The van der Waals surface area contributed by atoms with Crippen molar-refractivity contribution in [2.45, 2.75) is 32.7 Å². The van der Waals surface area contributed by atoms with Crippen LogP contribution in [-0.4, -0.2) is 0 Å². The molecule has 1 aromatic heterocycles. The summed E-state index contributed by atoms with van der Waals surface area (Å²) in [5, 5.41) is 4.24. The fraction of sp³-hybridized carbons (Fsp3) is 0.600. The van der Waals surface area contributed by atoms with Gasteiger partial charge in [-0.05, 0) is 45.6 Å². The van der Waals surface area contributed by atoms with Crippen LogP contribution in [0.1, 0.15) is 38.3 Å². The molecule has 0 aromatic carbocycles. The quantitative estimate of drug-likeness (QED) is 0.639. The molecule has 4 heteroatoms. The van der Waals surface area contributed by atoms with Crippen molar-refractivity contribution in [2.24, 2.45) is 11.8 Å². The highest BCUT2D eigenvalue weighted by Gasteiger charge is 2.13. The molecule has 0 aliphatic heterocycles. The smallest absolute Gasteiger partial charge is 0.0479 e. The van der Waals surface area contributed by atoms with Gasteiger partial charge in [0.05, 0.1) is 0 Å². The zero-order valence-electron chi connectivity index (χ0n) is 8.59. The summed E-state index contributed by atoms with van der Waals surface area (Å²) >= 11 is 5.23. The van der Waals surface area contributed by atoms with Crippen molar-refractivity contribution in [3.63, 3.8) is 0 Å². The highest BCUT2D eigenvalue weighted by molar-refractivity contribution is 9.10. The van der Waals surface area contributed by atoms with Gasteiger partial charge in [-0.15, -0.1) is 0 Å². The standard InChI is InChI=1S/C10H17BrN2S/c1-7(2)3-4-10(13-12)8-5-14-6-9(8)11/h5-7,10,13H,3-4,12H2,1-2H3. The summed E-state index contributed by atoms with van der Waals surface area (Å²) < 4.78 is 1.16. The third-order valence-corrected chi connectivity index (χ3v) is 4.00. The van der Waals surface area contributed by atoms with Crippen LogP contribution in [0, 0.1) is 5.92 Å². The van der Waals surface area contributed by atoms with E-state index in [-0.39, 0.29) is 6.04 Å². The van der Waals surface area contributed by atoms with Gasteiger partial charge in [-0.25, -0.2) is 0 Å². The van der Waals surface area contributed by atoms with E-state index in [0.29, 0.717) is 0 Å². The molecular formula is C10H17BrN2S. The number of nitrogens with one attached hydrogen (secondary N) is 1. The average Bonchev–Trinajstić information content (AvgIpc) is 2.53. The van der Waals surface area contributed by atoms with Crippen molar-refractivity contribution >= 4 is 27.3 Å². The first-order chi connectivity index (χ1) is 6.65. The Morgan fingerprint density at radius 2 is 2.14 bits per heavy atom. The molecule has 0 saturated heterocycles. The Hall–Kier alpha value is 0.100.